The summed E-state index contributed by atoms with van der Waals surface area (Å²) in [6.07, 6.45) is 0. The minimum absolute atomic E-state index is 0.0415. The van der Waals surface area contributed by atoms with Gasteiger partial charge in [0.1, 0.15) is 0 Å². The standard InChI is InChI=1S/C15H12ClNOS/c16-11-7-5-10(6-8-11)12-9-19-14-4-2-1-3-13(14)17-15(12)18/h1-8,12H,9H2,(H,17,18). The number of hydrogen-bond donors (Lipinski definition) is 1. The monoisotopic (exact) mass is 289 g/mol. The molecule has 2 aromatic rings. The van der Waals surface area contributed by atoms with Crippen LogP contribution in [0.1, 0.15) is 11.5 Å². The van der Waals surface area contributed by atoms with Crippen LogP contribution in [-0.4, -0.2) is 11.7 Å². The van der Waals surface area contributed by atoms with E-state index in [-0.39, 0.29) is 11.8 Å². The highest BCUT2D eigenvalue weighted by Crippen LogP contribution is 2.35. The second kappa shape index (κ2) is 5.27. The zero-order valence-electron chi connectivity index (χ0n) is 10.1. The van der Waals surface area contributed by atoms with Crippen molar-refractivity contribution in [2.75, 3.05) is 11.1 Å². The third-order valence-corrected chi connectivity index (χ3v) is 4.56. The molecule has 0 saturated carbocycles. The summed E-state index contributed by atoms with van der Waals surface area (Å²) in [4.78, 5) is 13.4. The van der Waals surface area contributed by atoms with Crippen LogP contribution in [-0.2, 0) is 4.79 Å². The normalized spacial score (nSPS) is 18.4. The van der Waals surface area contributed by atoms with E-state index in [4.69, 9.17) is 11.6 Å². The Balaban J connectivity index is 1.90. The third-order valence-electron chi connectivity index (χ3n) is 3.14. The highest BCUT2D eigenvalue weighted by atomic mass is 35.5. The molecule has 1 aliphatic rings. The van der Waals surface area contributed by atoms with Gasteiger partial charge in [0.05, 0.1) is 11.6 Å². The molecule has 2 nitrogen and oxygen atoms in total. The van der Waals surface area contributed by atoms with Crippen molar-refractivity contribution in [3.05, 3.63) is 59.1 Å². The van der Waals surface area contributed by atoms with Gasteiger partial charge in [0.25, 0.3) is 0 Å². The summed E-state index contributed by atoms with van der Waals surface area (Å²) >= 11 is 7.59. The van der Waals surface area contributed by atoms with E-state index >= 15 is 0 Å². The van der Waals surface area contributed by atoms with Gasteiger partial charge in [0, 0.05) is 15.7 Å². The maximum Gasteiger partial charge on any atom is 0.232 e. The second-order valence-corrected chi connectivity index (χ2v) is 5.90. The van der Waals surface area contributed by atoms with Gasteiger partial charge in [-0.1, -0.05) is 35.9 Å². The largest absolute Gasteiger partial charge is 0.325 e. The maximum absolute atomic E-state index is 12.3. The quantitative estimate of drug-likeness (QED) is 0.854. The van der Waals surface area contributed by atoms with Crippen molar-refractivity contribution in [1.29, 1.82) is 0 Å². The van der Waals surface area contributed by atoms with Gasteiger partial charge in [0.2, 0.25) is 5.91 Å². The first-order valence-electron chi connectivity index (χ1n) is 6.02. The predicted octanol–water partition coefficient (Wildman–Crippen LogP) is 4.17. The van der Waals surface area contributed by atoms with E-state index in [9.17, 15) is 4.79 Å². The molecule has 1 amide bonds. The van der Waals surface area contributed by atoms with Crippen molar-refractivity contribution in [3.63, 3.8) is 0 Å². The molecule has 1 atom stereocenters. The van der Waals surface area contributed by atoms with Crippen LogP contribution in [0.2, 0.25) is 5.02 Å². The molecule has 0 radical (unpaired) electrons. The molecule has 0 spiro atoms. The molecule has 4 heteroatoms. The molecule has 0 saturated heterocycles. The number of fused-ring (bicyclic) bond motifs is 1. The van der Waals surface area contributed by atoms with Crippen molar-refractivity contribution >= 4 is 35.0 Å². The number of anilines is 1. The van der Waals surface area contributed by atoms with E-state index in [1.54, 1.807) is 11.8 Å². The number of halogens is 1. The summed E-state index contributed by atoms with van der Waals surface area (Å²) < 4.78 is 0. The molecule has 1 heterocycles. The van der Waals surface area contributed by atoms with Crippen LogP contribution in [0.3, 0.4) is 0 Å². The molecule has 96 valence electrons. The molecule has 0 aliphatic carbocycles. The van der Waals surface area contributed by atoms with E-state index in [2.05, 4.69) is 5.32 Å². The predicted molar refractivity (Wildman–Crippen MR) is 80.0 cm³/mol. The summed E-state index contributed by atoms with van der Waals surface area (Å²) in [6.45, 7) is 0. The summed E-state index contributed by atoms with van der Waals surface area (Å²) in [5.74, 6) is 0.638. The first kappa shape index (κ1) is 12.6. The lowest BCUT2D eigenvalue weighted by Gasteiger charge is -2.13. The molecule has 19 heavy (non-hydrogen) atoms. The zero-order valence-corrected chi connectivity index (χ0v) is 11.7. The maximum atomic E-state index is 12.3. The topological polar surface area (TPSA) is 29.1 Å². The fraction of sp³-hybridized carbons (Fsp3) is 0.133. The number of thioether (sulfide) groups is 1. The van der Waals surface area contributed by atoms with Gasteiger partial charge in [-0.25, -0.2) is 0 Å². The van der Waals surface area contributed by atoms with Crippen LogP contribution in [0.15, 0.2) is 53.4 Å². The van der Waals surface area contributed by atoms with Crippen molar-refractivity contribution in [2.24, 2.45) is 0 Å². The van der Waals surface area contributed by atoms with E-state index in [1.807, 2.05) is 48.5 Å². The number of amides is 1. The number of carbonyl (C=O) groups is 1. The van der Waals surface area contributed by atoms with Crippen LogP contribution < -0.4 is 5.32 Å². The number of para-hydroxylation sites is 1. The van der Waals surface area contributed by atoms with Gasteiger partial charge in [-0.2, -0.15) is 0 Å². The highest BCUT2D eigenvalue weighted by molar-refractivity contribution is 7.99. The minimum Gasteiger partial charge on any atom is -0.325 e. The molecule has 1 N–H and O–H groups in total. The van der Waals surface area contributed by atoms with E-state index in [0.29, 0.717) is 5.02 Å². The van der Waals surface area contributed by atoms with Gasteiger partial charge >= 0.3 is 0 Å². The number of nitrogens with one attached hydrogen (secondary N) is 1. The summed E-state index contributed by atoms with van der Waals surface area (Å²) in [6, 6.07) is 15.4. The average molecular weight is 290 g/mol. The van der Waals surface area contributed by atoms with Crippen LogP contribution in [0.25, 0.3) is 0 Å². The summed E-state index contributed by atoms with van der Waals surface area (Å²) in [5, 5.41) is 3.68. The van der Waals surface area contributed by atoms with Gasteiger partial charge in [0.15, 0.2) is 0 Å². The minimum atomic E-state index is -0.144. The molecule has 0 aromatic heterocycles. The molecule has 1 aliphatic heterocycles. The Bertz CT molecular complexity index is 612. The lowest BCUT2D eigenvalue weighted by molar-refractivity contribution is -0.117. The lowest BCUT2D eigenvalue weighted by atomic mass is 10.0. The van der Waals surface area contributed by atoms with Gasteiger partial charge in [-0.15, -0.1) is 11.8 Å². The fourth-order valence-corrected chi connectivity index (χ4v) is 3.37. The third kappa shape index (κ3) is 2.62. The molecule has 0 fully saturated rings. The first-order valence-corrected chi connectivity index (χ1v) is 7.38. The van der Waals surface area contributed by atoms with Crippen LogP contribution in [0, 0.1) is 0 Å². The molecular formula is C15H12ClNOS. The molecule has 0 bridgehead atoms. The van der Waals surface area contributed by atoms with Gasteiger partial charge in [-0.3, -0.25) is 4.79 Å². The van der Waals surface area contributed by atoms with Crippen molar-refractivity contribution in [1.82, 2.24) is 0 Å². The molecule has 3 rings (SSSR count). The van der Waals surface area contributed by atoms with E-state index in [0.717, 1.165) is 21.9 Å². The van der Waals surface area contributed by atoms with Gasteiger partial charge in [-0.05, 0) is 29.8 Å². The molecular weight excluding hydrogens is 278 g/mol. The van der Waals surface area contributed by atoms with Crippen molar-refractivity contribution < 1.29 is 4.79 Å². The summed E-state index contributed by atoms with van der Waals surface area (Å²) in [7, 11) is 0. The van der Waals surface area contributed by atoms with E-state index < -0.39 is 0 Å². The Labute approximate surface area is 121 Å². The Morgan fingerprint density at radius 3 is 2.63 bits per heavy atom. The smallest absolute Gasteiger partial charge is 0.232 e. The number of rotatable bonds is 1. The first-order chi connectivity index (χ1) is 9.24. The summed E-state index contributed by atoms with van der Waals surface area (Å²) in [5.41, 5.74) is 1.90. The number of carbonyl (C=O) groups excluding carboxylic acids is 1. The Hall–Kier alpha value is -1.45. The second-order valence-electron chi connectivity index (χ2n) is 4.40. The van der Waals surface area contributed by atoms with Crippen molar-refractivity contribution in [3.8, 4) is 0 Å². The zero-order chi connectivity index (χ0) is 13.2. The average Bonchev–Trinajstić information content (AvgIpc) is 2.58. The SMILES string of the molecule is O=C1Nc2ccccc2SCC1c1ccc(Cl)cc1. The number of benzene rings is 2. The number of hydrogen-bond acceptors (Lipinski definition) is 2. The molecule has 1 unspecified atom stereocenters. The van der Waals surface area contributed by atoms with E-state index in [1.165, 1.54) is 0 Å². The van der Waals surface area contributed by atoms with Crippen LogP contribution in [0.4, 0.5) is 5.69 Å². The Morgan fingerprint density at radius 1 is 1.11 bits per heavy atom. The highest BCUT2D eigenvalue weighted by Gasteiger charge is 2.25. The Morgan fingerprint density at radius 2 is 1.84 bits per heavy atom. The van der Waals surface area contributed by atoms with Gasteiger partial charge < -0.3 is 5.32 Å². The van der Waals surface area contributed by atoms with Crippen LogP contribution in [0.5, 0.6) is 0 Å². The Kier molecular flexibility index (Phi) is 3.49. The van der Waals surface area contributed by atoms with Crippen molar-refractivity contribution in [2.45, 2.75) is 10.8 Å². The fourth-order valence-electron chi connectivity index (χ4n) is 2.11. The molecule has 2 aromatic carbocycles. The van der Waals surface area contributed by atoms with Crippen LogP contribution >= 0.6 is 23.4 Å². The lowest BCUT2D eigenvalue weighted by Crippen LogP contribution is -2.21.